The smallest absolute Gasteiger partial charge is 0.337 e. The molecular formula is C18H35NO7S. The van der Waals surface area contributed by atoms with E-state index in [-0.39, 0.29) is 6.29 Å². The van der Waals surface area contributed by atoms with Crippen LogP contribution < -0.4 is 5.73 Å². The lowest BCUT2D eigenvalue weighted by molar-refractivity contribution is -0.409. The van der Waals surface area contributed by atoms with Gasteiger partial charge in [0.15, 0.2) is 6.29 Å². The highest BCUT2D eigenvalue weighted by Gasteiger charge is 2.72. The van der Waals surface area contributed by atoms with Crippen LogP contribution in [0.3, 0.4) is 0 Å². The van der Waals surface area contributed by atoms with Crippen molar-refractivity contribution >= 4 is 24.0 Å². The van der Waals surface area contributed by atoms with Gasteiger partial charge in [-0.15, -0.1) is 0 Å². The van der Waals surface area contributed by atoms with E-state index in [1.165, 1.54) is 0 Å². The van der Waals surface area contributed by atoms with E-state index in [9.17, 15) is 14.7 Å². The van der Waals surface area contributed by atoms with Crippen molar-refractivity contribution in [1.29, 1.82) is 0 Å². The number of hydrogen-bond donors (Lipinski definition) is 2. The first-order valence-electron chi connectivity index (χ1n) is 8.98. The van der Waals surface area contributed by atoms with Crippen LogP contribution in [0, 0.1) is 0 Å². The minimum absolute atomic E-state index is 0.110. The molecule has 0 heterocycles. The number of carboxylic acids is 1. The second kappa shape index (κ2) is 10.2. The molecule has 0 aromatic heterocycles. The number of carbonyl (C=O) groups excluding carboxylic acids is 1. The molecule has 0 saturated carbocycles. The molecule has 3 N–H and O–H groups in total. The summed E-state index contributed by atoms with van der Waals surface area (Å²) in [5.74, 6) is -3.89. The standard InChI is InChI=1S/C18H35NO7S/c1-11(2)23-17(24-12(3)4,16(19,10-20)15(21)22)18(27-9,25-13(5)6)26-14(7)8/h10-14H,19H2,1-9H3,(H,21,22). The summed E-state index contributed by atoms with van der Waals surface area (Å²) < 4.78 is 24.1. The molecule has 0 aliphatic rings. The third-order valence-electron chi connectivity index (χ3n) is 3.34. The van der Waals surface area contributed by atoms with Crippen molar-refractivity contribution in [2.75, 3.05) is 6.26 Å². The minimum Gasteiger partial charge on any atom is -0.479 e. The highest BCUT2D eigenvalue weighted by molar-refractivity contribution is 7.99. The fourth-order valence-electron chi connectivity index (χ4n) is 2.59. The first-order valence-corrected chi connectivity index (χ1v) is 10.2. The van der Waals surface area contributed by atoms with Crippen molar-refractivity contribution in [2.45, 2.75) is 96.3 Å². The summed E-state index contributed by atoms with van der Waals surface area (Å²) in [7, 11) is 0. The molecule has 0 aliphatic heterocycles. The Balaban J connectivity index is 7.11. The van der Waals surface area contributed by atoms with Crippen LogP contribution >= 0.6 is 11.8 Å². The molecule has 0 bridgehead atoms. The number of thioether (sulfide) groups is 1. The van der Waals surface area contributed by atoms with Gasteiger partial charge in [-0.3, -0.25) is 0 Å². The molecule has 8 nitrogen and oxygen atoms in total. The molecule has 0 radical (unpaired) electrons. The number of hydrogen-bond acceptors (Lipinski definition) is 8. The fourth-order valence-corrected chi connectivity index (χ4v) is 3.70. The lowest BCUT2D eigenvalue weighted by Crippen LogP contribution is -2.79. The summed E-state index contributed by atoms with van der Waals surface area (Å²) in [4.78, 5) is 24.2. The number of aliphatic carboxylic acids is 1. The van der Waals surface area contributed by atoms with Gasteiger partial charge in [0.2, 0.25) is 5.54 Å². The van der Waals surface area contributed by atoms with Gasteiger partial charge in [0.25, 0.3) is 10.9 Å². The summed E-state index contributed by atoms with van der Waals surface area (Å²) in [6, 6.07) is 0. The zero-order valence-corrected chi connectivity index (χ0v) is 18.6. The van der Waals surface area contributed by atoms with E-state index >= 15 is 0 Å². The van der Waals surface area contributed by atoms with Crippen molar-refractivity contribution in [3.8, 4) is 0 Å². The van der Waals surface area contributed by atoms with Gasteiger partial charge in [-0.1, -0.05) is 11.8 Å². The Morgan fingerprint density at radius 1 is 0.889 bits per heavy atom. The number of carbonyl (C=O) groups is 2. The van der Waals surface area contributed by atoms with E-state index in [2.05, 4.69) is 0 Å². The molecule has 0 rings (SSSR count). The van der Waals surface area contributed by atoms with Crippen LogP contribution in [0.5, 0.6) is 0 Å². The van der Waals surface area contributed by atoms with Crippen LogP contribution in [0.4, 0.5) is 0 Å². The highest BCUT2D eigenvalue weighted by atomic mass is 32.2. The Bertz CT molecular complexity index is 476. The third kappa shape index (κ3) is 5.65. The summed E-state index contributed by atoms with van der Waals surface area (Å²) >= 11 is 1.03. The van der Waals surface area contributed by atoms with E-state index in [0.29, 0.717) is 0 Å². The normalized spacial score (nSPS) is 15.6. The Labute approximate surface area is 166 Å². The molecule has 1 atom stereocenters. The number of ether oxygens (including phenoxy) is 4. The quantitative estimate of drug-likeness (QED) is 0.268. The lowest BCUT2D eigenvalue weighted by Gasteiger charge is -2.54. The SMILES string of the molecule is CSC(OC(C)C)(OC(C)C)C(OC(C)C)(OC(C)C)C(N)(C=O)C(=O)O. The maximum Gasteiger partial charge on any atom is 0.337 e. The summed E-state index contributed by atoms with van der Waals surface area (Å²) in [6.45, 7) is 13.7. The first kappa shape index (κ1) is 26.3. The largest absolute Gasteiger partial charge is 0.479 e. The van der Waals surface area contributed by atoms with Gasteiger partial charge in [0.1, 0.15) is 0 Å². The molecule has 160 valence electrons. The van der Waals surface area contributed by atoms with Crippen LogP contribution in [-0.4, -0.2) is 64.5 Å². The monoisotopic (exact) mass is 409 g/mol. The number of nitrogens with two attached hydrogens (primary N) is 1. The highest BCUT2D eigenvalue weighted by Crippen LogP contribution is 2.48. The molecule has 0 aliphatic carbocycles. The molecule has 0 spiro atoms. The maximum absolute atomic E-state index is 12.2. The van der Waals surface area contributed by atoms with Gasteiger partial charge in [-0.25, -0.2) is 4.79 Å². The van der Waals surface area contributed by atoms with Gasteiger partial charge >= 0.3 is 5.97 Å². The van der Waals surface area contributed by atoms with Crippen LogP contribution in [0.25, 0.3) is 0 Å². The molecule has 27 heavy (non-hydrogen) atoms. The predicted molar refractivity (Wildman–Crippen MR) is 104 cm³/mol. The minimum atomic E-state index is -2.60. The maximum atomic E-state index is 12.2. The third-order valence-corrected chi connectivity index (χ3v) is 4.34. The average molecular weight is 410 g/mol. The van der Waals surface area contributed by atoms with Crippen molar-refractivity contribution in [1.82, 2.24) is 0 Å². The van der Waals surface area contributed by atoms with Crippen molar-refractivity contribution < 1.29 is 33.6 Å². The van der Waals surface area contributed by atoms with Gasteiger partial charge in [0, 0.05) is 0 Å². The van der Waals surface area contributed by atoms with E-state index in [0.717, 1.165) is 11.8 Å². The zero-order valence-electron chi connectivity index (χ0n) is 17.8. The topological polar surface area (TPSA) is 117 Å². The molecule has 9 heteroatoms. The van der Waals surface area contributed by atoms with Crippen LogP contribution in [0.2, 0.25) is 0 Å². The number of aldehydes is 1. The first-order chi connectivity index (χ1) is 12.2. The predicted octanol–water partition coefficient (Wildman–Crippen LogP) is 2.38. The molecule has 0 amide bonds. The van der Waals surface area contributed by atoms with Crippen LogP contribution in [0.15, 0.2) is 0 Å². The van der Waals surface area contributed by atoms with Crippen LogP contribution in [-0.2, 0) is 28.5 Å². The molecule has 0 aromatic carbocycles. The summed E-state index contributed by atoms with van der Waals surface area (Å²) in [5, 5.41) is 8.05. The second-order valence-electron chi connectivity index (χ2n) is 7.34. The Kier molecular flexibility index (Phi) is 9.91. The second-order valence-corrected chi connectivity index (χ2v) is 8.28. The lowest BCUT2D eigenvalue weighted by atomic mass is 9.89. The van der Waals surface area contributed by atoms with Crippen LogP contribution in [0.1, 0.15) is 55.4 Å². The van der Waals surface area contributed by atoms with Crippen molar-refractivity contribution in [3.63, 3.8) is 0 Å². The van der Waals surface area contributed by atoms with E-state index in [1.807, 2.05) is 0 Å². The average Bonchev–Trinajstić information content (AvgIpc) is 2.50. The van der Waals surface area contributed by atoms with Gasteiger partial charge in [-0.05, 0) is 61.6 Å². The number of carboxylic acid groups (broad SMARTS) is 1. The number of rotatable bonds is 13. The molecule has 0 saturated heterocycles. The summed E-state index contributed by atoms with van der Waals surface area (Å²) in [6.07, 6.45) is -0.162. The Hall–Kier alpha value is -0.710. The Morgan fingerprint density at radius 3 is 1.41 bits per heavy atom. The Morgan fingerprint density at radius 2 is 1.22 bits per heavy atom. The zero-order chi connectivity index (χ0) is 21.6. The molecule has 0 fully saturated rings. The van der Waals surface area contributed by atoms with Crippen molar-refractivity contribution in [3.05, 3.63) is 0 Å². The molecule has 0 aromatic rings. The molecular weight excluding hydrogens is 374 g/mol. The van der Waals surface area contributed by atoms with E-state index in [4.69, 9.17) is 24.7 Å². The van der Waals surface area contributed by atoms with Gasteiger partial charge < -0.3 is 34.6 Å². The van der Waals surface area contributed by atoms with E-state index < -0.39 is 46.8 Å². The van der Waals surface area contributed by atoms with Gasteiger partial charge in [-0.2, -0.15) is 0 Å². The van der Waals surface area contributed by atoms with Crippen molar-refractivity contribution in [2.24, 2.45) is 5.73 Å². The van der Waals surface area contributed by atoms with E-state index in [1.54, 1.807) is 61.6 Å². The summed E-state index contributed by atoms with van der Waals surface area (Å²) in [5.41, 5.74) is 3.54. The molecule has 1 unspecified atom stereocenters. The van der Waals surface area contributed by atoms with Gasteiger partial charge in [0.05, 0.1) is 24.4 Å². The fraction of sp³-hybridized carbons (Fsp3) is 0.889.